The Morgan fingerprint density at radius 2 is 2.00 bits per heavy atom. The zero-order valence-corrected chi connectivity index (χ0v) is 13.6. The first-order valence-corrected chi connectivity index (χ1v) is 7.52. The molecule has 0 N–H and O–H groups in total. The summed E-state index contributed by atoms with van der Waals surface area (Å²) < 4.78 is 29.0. The molecule has 2 aromatic carbocycles. The number of benzene rings is 2. The van der Waals surface area contributed by atoms with Crippen LogP contribution in [0.1, 0.15) is 18.1 Å². The van der Waals surface area contributed by atoms with Crippen molar-refractivity contribution < 1.29 is 23.4 Å². The summed E-state index contributed by atoms with van der Waals surface area (Å²) in [4.78, 5) is 11.3. The van der Waals surface area contributed by atoms with Crippen LogP contribution in [0.3, 0.4) is 0 Å². The topological polar surface area (TPSA) is 44.8 Å². The molecule has 2 rings (SSSR count). The van der Waals surface area contributed by atoms with Gasteiger partial charge in [-0.1, -0.05) is 18.2 Å². The molecule has 0 amide bonds. The first kappa shape index (κ1) is 17.5. The second-order valence-electron chi connectivity index (χ2n) is 4.91. The van der Waals surface area contributed by atoms with Gasteiger partial charge in [-0.3, -0.25) is 0 Å². The molecule has 0 unspecified atom stereocenters. The smallest absolute Gasteiger partial charge is 0.330 e. The van der Waals surface area contributed by atoms with E-state index in [2.05, 4.69) is 0 Å². The Bertz CT molecular complexity index is 725. The monoisotopic (exact) mass is 330 g/mol. The van der Waals surface area contributed by atoms with Gasteiger partial charge in [-0.05, 0) is 48.4 Å². The van der Waals surface area contributed by atoms with E-state index in [0.29, 0.717) is 18.1 Å². The second kappa shape index (κ2) is 8.72. The molecule has 0 spiro atoms. The van der Waals surface area contributed by atoms with Crippen molar-refractivity contribution in [2.75, 3.05) is 13.7 Å². The number of carbonyl (C=O) groups is 1. The molecule has 0 saturated heterocycles. The fourth-order valence-electron chi connectivity index (χ4n) is 2.05. The van der Waals surface area contributed by atoms with E-state index in [1.807, 2.05) is 0 Å². The van der Waals surface area contributed by atoms with E-state index in [0.717, 1.165) is 11.1 Å². The fourth-order valence-corrected chi connectivity index (χ4v) is 2.05. The second-order valence-corrected chi connectivity index (χ2v) is 4.91. The van der Waals surface area contributed by atoms with Gasteiger partial charge in [0.05, 0.1) is 13.7 Å². The van der Waals surface area contributed by atoms with Crippen molar-refractivity contribution in [2.45, 2.75) is 13.5 Å². The van der Waals surface area contributed by atoms with Crippen LogP contribution >= 0.6 is 0 Å². The minimum absolute atomic E-state index is 0.228. The Kier molecular flexibility index (Phi) is 6.37. The van der Waals surface area contributed by atoms with Crippen molar-refractivity contribution in [1.29, 1.82) is 0 Å². The molecule has 0 aliphatic rings. The Morgan fingerprint density at radius 3 is 2.71 bits per heavy atom. The Morgan fingerprint density at radius 1 is 1.17 bits per heavy atom. The van der Waals surface area contributed by atoms with Crippen molar-refractivity contribution in [3.05, 3.63) is 65.5 Å². The molecule has 0 radical (unpaired) electrons. The highest BCUT2D eigenvalue weighted by atomic mass is 19.1. The van der Waals surface area contributed by atoms with Gasteiger partial charge in [0, 0.05) is 6.08 Å². The van der Waals surface area contributed by atoms with Gasteiger partial charge in [0.2, 0.25) is 0 Å². The zero-order chi connectivity index (χ0) is 17.4. The molecule has 0 aliphatic carbocycles. The molecule has 4 nitrogen and oxygen atoms in total. The molecule has 24 heavy (non-hydrogen) atoms. The lowest BCUT2D eigenvalue weighted by atomic mass is 10.2. The quantitative estimate of drug-likeness (QED) is 0.569. The first-order chi connectivity index (χ1) is 11.6. The van der Waals surface area contributed by atoms with Gasteiger partial charge in [-0.15, -0.1) is 0 Å². The molecule has 0 bridgehead atoms. The van der Waals surface area contributed by atoms with Gasteiger partial charge in [-0.25, -0.2) is 9.18 Å². The van der Waals surface area contributed by atoms with Crippen LogP contribution in [0.4, 0.5) is 4.39 Å². The van der Waals surface area contributed by atoms with Gasteiger partial charge >= 0.3 is 5.97 Å². The molecule has 5 heteroatoms. The van der Waals surface area contributed by atoms with Crippen LogP contribution in [-0.2, 0) is 16.1 Å². The van der Waals surface area contributed by atoms with E-state index in [-0.39, 0.29) is 12.4 Å². The van der Waals surface area contributed by atoms with E-state index in [4.69, 9.17) is 14.2 Å². The lowest BCUT2D eigenvalue weighted by molar-refractivity contribution is -0.137. The number of ether oxygens (including phenoxy) is 3. The van der Waals surface area contributed by atoms with Gasteiger partial charge in [0.1, 0.15) is 12.4 Å². The Hall–Kier alpha value is -2.82. The van der Waals surface area contributed by atoms with Crippen LogP contribution < -0.4 is 9.47 Å². The average molecular weight is 330 g/mol. The largest absolute Gasteiger partial charge is 0.493 e. The molecule has 126 valence electrons. The first-order valence-electron chi connectivity index (χ1n) is 7.52. The summed E-state index contributed by atoms with van der Waals surface area (Å²) in [5, 5.41) is 0. The average Bonchev–Trinajstić information content (AvgIpc) is 2.58. The number of carbonyl (C=O) groups excluding carboxylic acids is 1. The minimum Gasteiger partial charge on any atom is -0.493 e. The molecular formula is C19H19FO4. The highest BCUT2D eigenvalue weighted by Crippen LogP contribution is 2.29. The van der Waals surface area contributed by atoms with E-state index >= 15 is 0 Å². The molecule has 2 aromatic rings. The third-order valence-electron chi connectivity index (χ3n) is 3.17. The van der Waals surface area contributed by atoms with Crippen molar-refractivity contribution in [2.24, 2.45) is 0 Å². The van der Waals surface area contributed by atoms with Gasteiger partial charge in [0.25, 0.3) is 0 Å². The van der Waals surface area contributed by atoms with Gasteiger partial charge in [-0.2, -0.15) is 0 Å². The van der Waals surface area contributed by atoms with Crippen molar-refractivity contribution in [3.8, 4) is 11.5 Å². The molecule has 0 aromatic heterocycles. The summed E-state index contributed by atoms with van der Waals surface area (Å²) in [5.74, 6) is 0.359. The maximum Gasteiger partial charge on any atom is 0.330 e. The summed E-state index contributed by atoms with van der Waals surface area (Å²) in [7, 11) is 1.53. The van der Waals surface area contributed by atoms with Crippen LogP contribution in [0.25, 0.3) is 6.08 Å². The summed E-state index contributed by atoms with van der Waals surface area (Å²) in [5.41, 5.74) is 1.50. The van der Waals surface area contributed by atoms with E-state index in [9.17, 15) is 9.18 Å². The zero-order valence-electron chi connectivity index (χ0n) is 13.6. The molecule has 0 atom stereocenters. The third kappa shape index (κ3) is 5.12. The lowest BCUT2D eigenvalue weighted by Gasteiger charge is -2.11. The van der Waals surface area contributed by atoms with Crippen molar-refractivity contribution in [1.82, 2.24) is 0 Å². The predicted octanol–water partition coefficient (Wildman–Crippen LogP) is 3.99. The highest BCUT2D eigenvalue weighted by Gasteiger charge is 2.06. The van der Waals surface area contributed by atoms with Gasteiger partial charge < -0.3 is 14.2 Å². The highest BCUT2D eigenvalue weighted by molar-refractivity contribution is 5.87. The molecule has 0 saturated carbocycles. The SMILES string of the molecule is CCOC(=O)/C=C/c1ccc(OCc2cccc(F)c2)c(OC)c1. The maximum absolute atomic E-state index is 13.2. The summed E-state index contributed by atoms with van der Waals surface area (Å²) in [6.07, 6.45) is 2.99. The normalized spacial score (nSPS) is 10.6. The molecule has 0 fully saturated rings. The van der Waals surface area contributed by atoms with Crippen molar-refractivity contribution in [3.63, 3.8) is 0 Å². The predicted molar refractivity (Wildman–Crippen MR) is 89.4 cm³/mol. The van der Waals surface area contributed by atoms with E-state index in [1.54, 1.807) is 43.3 Å². The summed E-state index contributed by atoms with van der Waals surface area (Å²) >= 11 is 0. The van der Waals surface area contributed by atoms with Crippen LogP contribution in [-0.4, -0.2) is 19.7 Å². The van der Waals surface area contributed by atoms with Crippen LogP contribution in [0.5, 0.6) is 11.5 Å². The number of halogens is 1. The molecule has 0 aliphatic heterocycles. The summed E-state index contributed by atoms with van der Waals surface area (Å²) in [6.45, 7) is 2.31. The Balaban J connectivity index is 2.07. The van der Waals surface area contributed by atoms with Crippen LogP contribution in [0.15, 0.2) is 48.5 Å². The Labute approximate surface area is 140 Å². The fraction of sp³-hybridized carbons (Fsp3) is 0.211. The van der Waals surface area contributed by atoms with Crippen molar-refractivity contribution >= 4 is 12.0 Å². The van der Waals surface area contributed by atoms with Gasteiger partial charge in [0.15, 0.2) is 11.5 Å². The molecule has 0 heterocycles. The standard InChI is InChI=1S/C19H19FO4/c1-3-23-19(21)10-8-14-7-9-17(18(12-14)22-2)24-13-15-5-4-6-16(20)11-15/h4-12H,3,13H2,1-2H3/b10-8+. The van der Waals surface area contributed by atoms with E-state index in [1.165, 1.54) is 25.3 Å². The number of methoxy groups -OCH3 is 1. The maximum atomic E-state index is 13.2. The number of hydrogen-bond acceptors (Lipinski definition) is 4. The number of rotatable bonds is 7. The van der Waals surface area contributed by atoms with E-state index < -0.39 is 5.97 Å². The number of hydrogen-bond donors (Lipinski definition) is 0. The third-order valence-corrected chi connectivity index (χ3v) is 3.17. The number of esters is 1. The van der Waals surface area contributed by atoms with Crippen LogP contribution in [0.2, 0.25) is 0 Å². The van der Waals surface area contributed by atoms with Crippen LogP contribution in [0, 0.1) is 5.82 Å². The minimum atomic E-state index is -0.400. The molecular weight excluding hydrogens is 311 g/mol. The lowest BCUT2D eigenvalue weighted by Crippen LogP contribution is -1.99. The summed E-state index contributed by atoms with van der Waals surface area (Å²) in [6, 6.07) is 11.5.